The van der Waals surface area contributed by atoms with Gasteiger partial charge in [0.15, 0.2) is 0 Å². The van der Waals surface area contributed by atoms with Crippen LogP contribution in [-0.4, -0.2) is 7.05 Å². The van der Waals surface area contributed by atoms with Crippen molar-refractivity contribution >= 4 is 0 Å². The molecular formula is C20H27N. The highest BCUT2D eigenvalue weighted by atomic mass is 14.9. The lowest BCUT2D eigenvalue weighted by Gasteiger charge is -2.29. The van der Waals surface area contributed by atoms with E-state index in [9.17, 15) is 0 Å². The summed E-state index contributed by atoms with van der Waals surface area (Å²) in [6, 6.07) is 15.9. The van der Waals surface area contributed by atoms with Crippen LogP contribution in [0.1, 0.15) is 53.1 Å². The maximum absolute atomic E-state index is 3.56. The molecule has 0 saturated heterocycles. The minimum Gasteiger partial charge on any atom is -0.312 e. The van der Waals surface area contributed by atoms with Gasteiger partial charge in [0.1, 0.15) is 0 Å². The highest BCUT2D eigenvalue weighted by molar-refractivity contribution is 5.40. The van der Waals surface area contributed by atoms with Crippen LogP contribution in [-0.2, 0) is 0 Å². The molecule has 0 aromatic heterocycles. The smallest absolute Gasteiger partial charge is 0.0389 e. The molecule has 2 unspecified atom stereocenters. The first kappa shape index (κ1) is 15.8. The molecule has 1 N–H and O–H groups in total. The predicted molar refractivity (Wildman–Crippen MR) is 91.9 cm³/mol. The van der Waals surface area contributed by atoms with E-state index < -0.39 is 0 Å². The molecule has 2 rings (SSSR count). The Morgan fingerprint density at radius 1 is 0.905 bits per heavy atom. The Kier molecular flexibility index (Phi) is 5.19. The van der Waals surface area contributed by atoms with Crippen molar-refractivity contribution in [2.45, 2.75) is 46.1 Å². The largest absolute Gasteiger partial charge is 0.312 e. The van der Waals surface area contributed by atoms with Gasteiger partial charge in [0, 0.05) is 12.0 Å². The molecule has 112 valence electrons. The lowest BCUT2D eigenvalue weighted by Crippen LogP contribution is -2.24. The first-order valence-electron chi connectivity index (χ1n) is 7.88. The Morgan fingerprint density at radius 3 is 2.10 bits per heavy atom. The number of rotatable bonds is 5. The SMILES string of the molecule is CCC(c1ccccc1)C(NC)c1cc(C)c(C)cc1C. The van der Waals surface area contributed by atoms with Crippen LogP contribution in [0.3, 0.4) is 0 Å². The van der Waals surface area contributed by atoms with Crippen LogP contribution in [0, 0.1) is 20.8 Å². The summed E-state index contributed by atoms with van der Waals surface area (Å²) in [5, 5.41) is 3.56. The van der Waals surface area contributed by atoms with Crippen LogP contribution in [0.25, 0.3) is 0 Å². The summed E-state index contributed by atoms with van der Waals surface area (Å²) in [6.45, 7) is 8.89. The third-order valence-corrected chi connectivity index (χ3v) is 4.60. The van der Waals surface area contributed by atoms with E-state index in [1.807, 2.05) is 0 Å². The monoisotopic (exact) mass is 281 g/mol. The van der Waals surface area contributed by atoms with Crippen molar-refractivity contribution in [2.75, 3.05) is 7.05 Å². The number of hydrogen-bond acceptors (Lipinski definition) is 1. The average Bonchev–Trinajstić information content (AvgIpc) is 2.50. The van der Waals surface area contributed by atoms with Crippen molar-refractivity contribution in [1.82, 2.24) is 5.32 Å². The Bertz CT molecular complexity index is 586. The molecule has 21 heavy (non-hydrogen) atoms. The van der Waals surface area contributed by atoms with Crippen LogP contribution >= 0.6 is 0 Å². The van der Waals surface area contributed by atoms with Gasteiger partial charge in [-0.2, -0.15) is 0 Å². The molecular weight excluding hydrogens is 254 g/mol. The summed E-state index contributed by atoms with van der Waals surface area (Å²) in [6.07, 6.45) is 1.13. The Balaban J connectivity index is 2.45. The number of benzene rings is 2. The molecule has 0 bridgehead atoms. The van der Waals surface area contributed by atoms with E-state index >= 15 is 0 Å². The minimum atomic E-state index is 0.358. The van der Waals surface area contributed by atoms with Gasteiger partial charge in [-0.25, -0.2) is 0 Å². The van der Waals surface area contributed by atoms with E-state index in [0.29, 0.717) is 12.0 Å². The van der Waals surface area contributed by atoms with E-state index in [1.54, 1.807) is 0 Å². The molecule has 1 heteroatoms. The van der Waals surface area contributed by atoms with Gasteiger partial charge in [-0.1, -0.05) is 49.4 Å². The first-order valence-corrected chi connectivity index (χ1v) is 7.88. The van der Waals surface area contributed by atoms with Gasteiger partial charge < -0.3 is 5.32 Å². The molecule has 1 nitrogen and oxygen atoms in total. The number of likely N-dealkylation sites (N-methyl/N-ethyl adjacent to an activating group) is 1. The third kappa shape index (κ3) is 3.36. The summed E-state index contributed by atoms with van der Waals surface area (Å²) in [5.74, 6) is 0.497. The molecule has 0 spiro atoms. The van der Waals surface area contributed by atoms with Gasteiger partial charge in [-0.15, -0.1) is 0 Å². The van der Waals surface area contributed by atoms with E-state index in [-0.39, 0.29) is 0 Å². The zero-order chi connectivity index (χ0) is 15.4. The lowest BCUT2D eigenvalue weighted by molar-refractivity contribution is 0.466. The van der Waals surface area contributed by atoms with Crippen LogP contribution in [0.5, 0.6) is 0 Å². The molecule has 2 aromatic rings. The predicted octanol–water partition coefficient (Wildman–Crippen LogP) is 5.07. The first-order chi connectivity index (χ1) is 10.1. The topological polar surface area (TPSA) is 12.0 Å². The molecule has 0 heterocycles. The second kappa shape index (κ2) is 6.91. The molecule has 0 radical (unpaired) electrons. The zero-order valence-electron chi connectivity index (χ0n) is 13.9. The van der Waals surface area contributed by atoms with Gasteiger partial charge in [0.25, 0.3) is 0 Å². The van der Waals surface area contributed by atoms with E-state index in [4.69, 9.17) is 0 Å². The van der Waals surface area contributed by atoms with E-state index in [0.717, 1.165) is 6.42 Å². The summed E-state index contributed by atoms with van der Waals surface area (Å²) in [4.78, 5) is 0. The summed E-state index contributed by atoms with van der Waals surface area (Å²) >= 11 is 0. The van der Waals surface area contributed by atoms with Crippen molar-refractivity contribution in [1.29, 1.82) is 0 Å². The number of hydrogen-bond donors (Lipinski definition) is 1. The Morgan fingerprint density at radius 2 is 1.52 bits per heavy atom. The standard InChI is InChI=1S/C20H27N/c1-6-18(17-10-8-7-9-11-17)20(21-5)19-13-15(3)14(2)12-16(19)4/h7-13,18,20-21H,6H2,1-5H3. The molecule has 0 amide bonds. The second-order valence-electron chi connectivity index (χ2n) is 5.98. The van der Waals surface area contributed by atoms with Gasteiger partial charge in [0.2, 0.25) is 0 Å². The van der Waals surface area contributed by atoms with Crippen molar-refractivity contribution in [3.05, 3.63) is 70.3 Å². The molecule has 0 fully saturated rings. The molecule has 0 saturated carbocycles. The van der Waals surface area contributed by atoms with Crippen LogP contribution in [0.4, 0.5) is 0 Å². The van der Waals surface area contributed by atoms with Crippen LogP contribution < -0.4 is 5.32 Å². The lowest BCUT2D eigenvalue weighted by atomic mass is 9.82. The number of nitrogens with one attached hydrogen (secondary N) is 1. The summed E-state index contributed by atoms with van der Waals surface area (Å²) in [7, 11) is 2.07. The highest BCUT2D eigenvalue weighted by Crippen LogP contribution is 2.35. The summed E-state index contributed by atoms with van der Waals surface area (Å²) < 4.78 is 0. The fourth-order valence-electron chi connectivity index (χ4n) is 3.26. The van der Waals surface area contributed by atoms with Crippen molar-refractivity contribution in [2.24, 2.45) is 0 Å². The molecule has 2 atom stereocenters. The van der Waals surface area contributed by atoms with Crippen LogP contribution in [0.2, 0.25) is 0 Å². The fraction of sp³-hybridized carbons (Fsp3) is 0.400. The average molecular weight is 281 g/mol. The second-order valence-corrected chi connectivity index (χ2v) is 5.98. The van der Waals surface area contributed by atoms with E-state index in [2.05, 4.69) is 82.5 Å². The number of aryl methyl sites for hydroxylation is 3. The fourth-order valence-corrected chi connectivity index (χ4v) is 3.26. The van der Waals surface area contributed by atoms with Crippen molar-refractivity contribution in [3.63, 3.8) is 0 Å². The van der Waals surface area contributed by atoms with E-state index in [1.165, 1.54) is 27.8 Å². The molecule has 0 aliphatic carbocycles. The highest BCUT2D eigenvalue weighted by Gasteiger charge is 2.23. The quantitative estimate of drug-likeness (QED) is 0.807. The molecule has 2 aromatic carbocycles. The summed E-state index contributed by atoms with van der Waals surface area (Å²) in [5.41, 5.74) is 6.97. The minimum absolute atomic E-state index is 0.358. The Labute approximate surface area is 129 Å². The zero-order valence-corrected chi connectivity index (χ0v) is 13.9. The van der Waals surface area contributed by atoms with Gasteiger partial charge in [0.05, 0.1) is 0 Å². The maximum atomic E-state index is 3.56. The molecule has 0 aliphatic heterocycles. The van der Waals surface area contributed by atoms with Crippen molar-refractivity contribution in [3.8, 4) is 0 Å². The maximum Gasteiger partial charge on any atom is 0.0389 e. The van der Waals surface area contributed by atoms with Crippen molar-refractivity contribution < 1.29 is 0 Å². The normalized spacial score (nSPS) is 14.0. The Hall–Kier alpha value is -1.60. The molecule has 0 aliphatic rings. The van der Waals surface area contributed by atoms with Crippen LogP contribution in [0.15, 0.2) is 42.5 Å². The third-order valence-electron chi connectivity index (χ3n) is 4.60. The van der Waals surface area contributed by atoms with Gasteiger partial charge >= 0.3 is 0 Å². The van der Waals surface area contributed by atoms with Gasteiger partial charge in [-0.05, 0) is 62.1 Å². The van der Waals surface area contributed by atoms with Gasteiger partial charge in [-0.3, -0.25) is 0 Å².